The van der Waals surface area contributed by atoms with E-state index >= 15 is 0 Å². The first-order valence-electron chi connectivity index (χ1n) is 5.04. The van der Waals surface area contributed by atoms with Crippen LogP contribution in [-0.4, -0.2) is 23.0 Å². The highest BCUT2D eigenvalue weighted by Gasteiger charge is 2.32. The van der Waals surface area contributed by atoms with E-state index in [1.165, 1.54) is 37.1 Å². The van der Waals surface area contributed by atoms with E-state index in [2.05, 4.69) is 11.9 Å². The molecule has 1 heterocycles. The second-order valence-corrected chi connectivity index (χ2v) is 4.63. The Morgan fingerprint density at radius 3 is 2.83 bits per heavy atom. The van der Waals surface area contributed by atoms with Crippen LogP contribution in [0.5, 0.6) is 0 Å². The maximum atomic E-state index is 5.32. The van der Waals surface area contributed by atoms with Crippen LogP contribution in [0.15, 0.2) is 0 Å². The van der Waals surface area contributed by atoms with Crippen molar-refractivity contribution >= 4 is 17.2 Å². The van der Waals surface area contributed by atoms with E-state index < -0.39 is 0 Å². The number of hydrogen-bond donors (Lipinski definition) is 0. The van der Waals surface area contributed by atoms with Gasteiger partial charge in [0.1, 0.15) is 0 Å². The molecule has 1 saturated heterocycles. The van der Waals surface area contributed by atoms with Gasteiger partial charge in [0.05, 0.1) is 4.99 Å². The highest BCUT2D eigenvalue weighted by Crippen LogP contribution is 2.35. The maximum absolute atomic E-state index is 5.32. The van der Waals surface area contributed by atoms with Gasteiger partial charge in [0.15, 0.2) is 0 Å². The summed E-state index contributed by atoms with van der Waals surface area (Å²) >= 11 is 5.32. The van der Waals surface area contributed by atoms with E-state index in [0.717, 1.165) is 18.4 Å². The van der Waals surface area contributed by atoms with Crippen LogP contribution >= 0.6 is 12.2 Å². The summed E-state index contributed by atoms with van der Waals surface area (Å²) in [5.74, 6) is 0.954. The first-order valence-corrected chi connectivity index (χ1v) is 5.45. The van der Waals surface area contributed by atoms with Crippen LogP contribution in [0.1, 0.15) is 38.5 Å². The van der Waals surface area contributed by atoms with Crippen LogP contribution in [0.3, 0.4) is 0 Å². The Labute approximate surface area is 80.1 Å². The molecule has 12 heavy (non-hydrogen) atoms. The van der Waals surface area contributed by atoms with E-state index in [1.54, 1.807) is 0 Å². The van der Waals surface area contributed by atoms with Crippen molar-refractivity contribution in [1.82, 2.24) is 4.90 Å². The average molecular weight is 183 g/mol. The van der Waals surface area contributed by atoms with Crippen LogP contribution in [0, 0.1) is 5.92 Å². The molecule has 0 spiro atoms. The summed E-state index contributed by atoms with van der Waals surface area (Å²) in [6, 6.07) is 0.792. The molecule has 0 aromatic carbocycles. The number of thiocarbonyl (C=S) groups is 1. The molecule has 2 aliphatic rings. The van der Waals surface area contributed by atoms with Crippen LogP contribution in [-0.2, 0) is 0 Å². The van der Waals surface area contributed by atoms with Crippen LogP contribution in [0.25, 0.3) is 0 Å². The van der Waals surface area contributed by atoms with Gasteiger partial charge in [-0.05, 0) is 31.6 Å². The first kappa shape index (κ1) is 8.49. The molecule has 1 saturated carbocycles. The summed E-state index contributed by atoms with van der Waals surface area (Å²) < 4.78 is 0. The topological polar surface area (TPSA) is 3.24 Å². The van der Waals surface area contributed by atoms with Gasteiger partial charge >= 0.3 is 0 Å². The summed E-state index contributed by atoms with van der Waals surface area (Å²) in [6.07, 6.45) is 8.19. The van der Waals surface area contributed by atoms with Crippen molar-refractivity contribution in [1.29, 1.82) is 0 Å². The number of hydrogen-bond acceptors (Lipinski definition) is 1. The SMILES string of the molecule is CN1C(=S)CCC2CCCCC21. The summed E-state index contributed by atoms with van der Waals surface area (Å²) in [5, 5.41) is 0. The smallest absolute Gasteiger partial charge is 0.0779 e. The third-order valence-corrected chi connectivity index (χ3v) is 3.98. The molecule has 2 unspecified atom stereocenters. The molecule has 0 radical (unpaired) electrons. The van der Waals surface area contributed by atoms with Crippen molar-refractivity contribution in [3.8, 4) is 0 Å². The fraction of sp³-hybridized carbons (Fsp3) is 0.900. The van der Waals surface area contributed by atoms with Crippen molar-refractivity contribution in [2.75, 3.05) is 7.05 Å². The normalized spacial score (nSPS) is 36.4. The Hall–Kier alpha value is -0.110. The van der Waals surface area contributed by atoms with E-state index in [-0.39, 0.29) is 0 Å². The molecular weight excluding hydrogens is 166 g/mol. The highest BCUT2D eigenvalue weighted by atomic mass is 32.1. The summed E-state index contributed by atoms with van der Waals surface area (Å²) in [7, 11) is 2.18. The lowest BCUT2D eigenvalue weighted by molar-refractivity contribution is 0.163. The fourth-order valence-electron chi connectivity index (χ4n) is 2.70. The van der Waals surface area contributed by atoms with Crippen molar-refractivity contribution in [2.24, 2.45) is 5.92 Å². The summed E-state index contributed by atoms with van der Waals surface area (Å²) in [5.41, 5.74) is 0. The van der Waals surface area contributed by atoms with E-state index in [9.17, 15) is 0 Å². The van der Waals surface area contributed by atoms with E-state index in [0.29, 0.717) is 0 Å². The standard InChI is InChI=1S/C10H17NS/c1-11-9-5-3-2-4-8(9)6-7-10(11)12/h8-9H,2-7H2,1H3. The van der Waals surface area contributed by atoms with Gasteiger partial charge < -0.3 is 4.90 Å². The number of nitrogens with zero attached hydrogens (tertiary/aromatic N) is 1. The summed E-state index contributed by atoms with van der Waals surface area (Å²) in [6.45, 7) is 0. The third kappa shape index (κ3) is 1.37. The van der Waals surface area contributed by atoms with Crippen LogP contribution < -0.4 is 0 Å². The molecule has 0 aromatic rings. The predicted molar refractivity (Wildman–Crippen MR) is 55.3 cm³/mol. The Bertz CT molecular complexity index is 190. The molecule has 1 nitrogen and oxygen atoms in total. The Balaban J connectivity index is 2.08. The number of rotatable bonds is 0. The highest BCUT2D eigenvalue weighted by molar-refractivity contribution is 7.80. The van der Waals surface area contributed by atoms with Crippen molar-refractivity contribution in [3.63, 3.8) is 0 Å². The minimum absolute atomic E-state index is 0.792. The summed E-state index contributed by atoms with van der Waals surface area (Å²) in [4.78, 5) is 3.56. The van der Waals surface area contributed by atoms with Gasteiger partial charge in [0, 0.05) is 13.1 Å². The molecule has 2 atom stereocenters. The lowest BCUT2D eigenvalue weighted by atomic mass is 9.78. The Kier molecular flexibility index (Phi) is 2.35. The van der Waals surface area contributed by atoms with Gasteiger partial charge in [-0.1, -0.05) is 25.1 Å². The maximum Gasteiger partial charge on any atom is 0.0779 e. The molecule has 2 rings (SSSR count). The zero-order valence-corrected chi connectivity index (χ0v) is 8.57. The number of fused-ring (bicyclic) bond motifs is 1. The quantitative estimate of drug-likeness (QED) is 0.531. The van der Waals surface area contributed by atoms with Gasteiger partial charge in [0.2, 0.25) is 0 Å². The van der Waals surface area contributed by atoms with Gasteiger partial charge in [0.25, 0.3) is 0 Å². The average Bonchev–Trinajstić information content (AvgIpc) is 2.12. The monoisotopic (exact) mass is 183 g/mol. The van der Waals surface area contributed by atoms with E-state index in [4.69, 9.17) is 12.2 Å². The predicted octanol–water partition coefficient (Wildman–Crippen LogP) is 2.60. The molecule has 0 bridgehead atoms. The molecule has 1 aliphatic heterocycles. The Morgan fingerprint density at radius 1 is 1.25 bits per heavy atom. The molecule has 2 heteroatoms. The fourth-order valence-corrected chi connectivity index (χ4v) is 2.96. The molecule has 1 aliphatic carbocycles. The first-order chi connectivity index (χ1) is 5.79. The largest absolute Gasteiger partial charge is 0.366 e. The molecule has 2 fully saturated rings. The minimum Gasteiger partial charge on any atom is -0.366 e. The minimum atomic E-state index is 0.792. The van der Waals surface area contributed by atoms with Gasteiger partial charge in [-0.25, -0.2) is 0 Å². The zero-order chi connectivity index (χ0) is 8.55. The molecule has 0 N–H and O–H groups in total. The molecular formula is C10H17NS. The number of likely N-dealkylation sites (tertiary alicyclic amines) is 1. The molecule has 68 valence electrons. The second kappa shape index (κ2) is 3.33. The molecule has 0 amide bonds. The third-order valence-electron chi connectivity index (χ3n) is 3.49. The van der Waals surface area contributed by atoms with E-state index in [1.807, 2.05) is 0 Å². The van der Waals surface area contributed by atoms with Gasteiger partial charge in [-0.3, -0.25) is 0 Å². The second-order valence-electron chi connectivity index (χ2n) is 4.16. The molecule has 0 aromatic heterocycles. The lowest BCUT2D eigenvalue weighted by Crippen LogP contribution is -2.46. The van der Waals surface area contributed by atoms with Crippen LogP contribution in [0.2, 0.25) is 0 Å². The number of piperidine rings is 1. The van der Waals surface area contributed by atoms with Crippen LogP contribution in [0.4, 0.5) is 0 Å². The lowest BCUT2D eigenvalue weighted by Gasteiger charge is -2.43. The Morgan fingerprint density at radius 2 is 2.00 bits per heavy atom. The van der Waals surface area contributed by atoms with Crippen molar-refractivity contribution in [3.05, 3.63) is 0 Å². The van der Waals surface area contributed by atoms with Crippen molar-refractivity contribution in [2.45, 2.75) is 44.6 Å². The van der Waals surface area contributed by atoms with Gasteiger partial charge in [-0.15, -0.1) is 0 Å². The van der Waals surface area contributed by atoms with Crippen molar-refractivity contribution < 1.29 is 0 Å². The zero-order valence-electron chi connectivity index (χ0n) is 7.75. The van der Waals surface area contributed by atoms with Gasteiger partial charge in [-0.2, -0.15) is 0 Å².